The van der Waals surface area contributed by atoms with Crippen LogP contribution in [0.25, 0.3) is 22.8 Å². The fourth-order valence-electron chi connectivity index (χ4n) is 3.48. The second-order valence-corrected chi connectivity index (χ2v) is 6.78. The van der Waals surface area contributed by atoms with Crippen LogP contribution in [-0.2, 0) is 0 Å². The van der Waals surface area contributed by atoms with E-state index in [4.69, 9.17) is 0 Å². The first-order valence-corrected chi connectivity index (χ1v) is 8.76. The molecule has 0 heterocycles. The molecule has 27 heavy (non-hydrogen) atoms. The third kappa shape index (κ3) is 2.97. The van der Waals surface area contributed by atoms with E-state index in [0.717, 1.165) is 33.4 Å². The van der Waals surface area contributed by atoms with Crippen molar-refractivity contribution in [3.63, 3.8) is 0 Å². The van der Waals surface area contributed by atoms with Gasteiger partial charge in [0.15, 0.2) is 11.6 Å². The van der Waals surface area contributed by atoms with E-state index in [9.17, 15) is 14.7 Å². The quantitative estimate of drug-likeness (QED) is 0.503. The van der Waals surface area contributed by atoms with E-state index in [2.05, 4.69) is 0 Å². The number of benzene rings is 3. The Balaban J connectivity index is 1.97. The van der Waals surface area contributed by atoms with Gasteiger partial charge in [-0.25, -0.2) is 0 Å². The number of aromatic hydroxyl groups is 1. The summed E-state index contributed by atoms with van der Waals surface area (Å²) in [5.74, 6) is 0.242. The van der Waals surface area contributed by atoms with Gasteiger partial charge in [-0.05, 0) is 77.6 Å². The second kappa shape index (κ2) is 6.36. The van der Waals surface area contributed by atoms with Gasteiger partial charge in [0.05, 0.1) is 0 Å². The van der Waals surface area contributed by atoms with Crippen molar-refractivity contribution in [1.82, 2.24) is 0 Å². The predicted molar refractivity (Wildman–Crippen MR) is 107 cm³/mol. The SMILES string of the molecule is CC(=O)c1ccc2c(c1)C(=Cc1ccc(O)cc1)c1cc(C(C)=O)ccc1-2. The molecule has 3 nitrogen and oxygen atoms in total. The van der Waals surface area contributed by atoms with Crippen LogP contribution < -0.4 is 0 Å². The molecule has 0 bridgehead atoms. The van der Waals surface area contributed by atoms with Gasteiger partial charge in [0.1, 0.15) is 5.75 Å². The van der Waals surface area contributed by atoms with Gasteiger partial charge < -0.3 is 5.11 Å². The van der Waals surface area contributed by atoms with E-state index in [0.29, 0.717) is 11.1 Å². The molecule has 0 saturated heterocycles. The number of phenolic OH excluding ortho intramolecular Hbond substituents is 1. The maximum atomic E-state index is 11.9. The lowest BCUT2D eigenvalue weighted by atomic mass is 9.97. The molecule has 0 aliphatic heterocycles. The van der Waals surface area contributed by atoms with E-state index in [1.807, 2.05) is 54.6 Å². The lowest BCUT2D eigenvalue weighted by Crippen LogP contribution is -1.94. The zero-order chi connectivity index (χ0) is 19.1. The Morgan fingerprint density at radius 3 is 1.63 bits per heavy atom. The Morgan fingerprint density at radius 1 is 0.704 bits per heavy atom. The molecular formula is C24H18O3. The molecule has 1 aliphatic rings. The van der Waals surface area contributed by atoms with Gasteiger partial charge in [-0.3, -0.25) is 9.59 Å². The summed E-state index contributed by atoms with van der Waals surface area (Å²) in [5.41, 5.74) is 7.28. The lowest BCUT2D eigenvalue weighted by Gasteiger charge is -2.06. The molecule has 0 spiro atoms. The Hall–Kier alpha value is -3.46. The standard InChI is InChI=1S/C24H18O3/c1-14(25)17-5-9-20-21-10-6-18(15(2)26)13-24(21)22(23(20)12-17)11-16-3-7-19(27)8-4-16/h3-13,27H,1-2H3. The summed E-state index contributed by atoms with van der Waals surface area (Å²) in [6.07, 6.45) is 2.03. The summed E-state index contributed by atoms with van der Waals surface area (Å²) in [6.45, 7) is 3.11. The average Bonchev–Trinajstić information content (AvgIpc) is 2.96. The molecule has 0 unspecified atom stereocenters. The zero-order valence-corrected chi connectivity index (χ0v) is 15.1. The number of carbonyl (C=O) groups excluding carboxylic acids is 2. The summed E-state index contributed by atoms with van der Waals surface area (Å²) >= 11 is 0. The number of fused-ring (bicyclic) bond motifs is 3. The smallest absolute Gasteiger partial charge is 0.159 e. The highest BCUT2D eigenvalue weighted by Crippen LogP contribution is 2.45. The minimum absolute atomic E-state index is 0.0159. The first-order valence-electron chi connectivity index (χ1n) is 8.76. The first-order chi connectivity index (χ1) is 12.9. The molecule has 4 rings (SSSR count). The molecule has 0 aromatic heterocycles. The van der Waals surface area contributed by atoms with E-state index >= 15 is 0 Å². The largest absolute Gasteiger partial charge is 0.508 e. The summed E-state index contributed by atoms with van der Waals surface area (Å²) < 4.78 is 0. The van der Waals surface area contributed by atoms with Crippen molar-refractivity contribution in [2.24, 2.45) is 0 Å². The number of hydrogen-bond acceptors (Lipinski definition) is 3. The Morgan fingerprint density at radius 2 is 1.19 bits per heavy atom. The van der Waals surface area contributed by atoms with Crippen molar-refractivity contribution in [1.29, 1.82) is 0 Å². The van der Waals surface area contributed by atoms with Crippen molar-refractivity contribution in [2.75, 3.05) is 0 Å². The maximum absolute atomic E-state index is 11.9. The molecule has 0 radical (unpaired) electrons. The summed E-state index contributed by atoms with van der Waals surface area (Å²) in [5, 5.41) is 9.53. The maximum Gasteiger partial charge on any atom is 0.159 e. The highest BCUT2D eigenvalue weighted by Gasteiger charge is 2.25. The van der Waals surface area contributed by atoms with Crippen LogP contribution in [0.4, 0.5) is 0 Å². The van der Waals surface area contributed by atoms with E-state index < -0.39 is 0 Å². The highest BCUT2D eigenvalue weighted by molar-refractivity contribution is 6.09. The molecule has 0 fully saturated rings. The molecule has 0 amide bonds. The summed E-state index contributed by atoms with van der Waals surface area (Å²) in [4.78, 5) is 23.7. The second-order valence-electron chi connectivity index (χ2n) is 6.78. The molecular weight excluding hydrogens is 336 g/mol. The topological polar surface area (TPSA) is 54.4 Å². The molecule has 3 aromatic carbocycles. The first kappa shape index (κ1) is 17.0. The molecule has 1 aliphatic carbocycles. The average molecular weight is 354 g/mol. The lowest BCUT2D eigenvalue weighted by molar-refractivity contribution is 0.100. The van der Waals surface area contributed by atoms with Crippen LogP contribution in [0.2, 0.25) is 0 Å². The monoisotopic (exact) mass is 354 g/mol. The molecule has 3 aromatic rings. The fraction of sp³-hybridized carbons (Fsp3) is 0.0833. The normalized spacial score (nSPS) is 11.7. The van der Waals surface area contributed by atoms with Crippen molar-refractivity contribution >= 4 is 23.2 Å². The van der Waals surface area contributed by atoms with Crippen LogP contribution >= 0.6 is 0 Å². The minimum Gasteiger partial charge on any atom is -0.508 e. The van der Waals surface area contributed by atoms with Gasteiger partial charge in [0.25, 0.3) is 0 Å². The van der Waals surface area contributed by atoms with Crippen molar-refractivity contribution in [3.8, 4) is 16.9 Å². The predicted octanol–water partition coefficient (Wildman–Crippen LogP) is 5.37. The molecule has 3 heteroatoms. The van der Waals surface area contributed by atoms with Crippen LogP contribution in [0.1, 0.15) is 51.3 Å². The Kier molecular flexibility index (Phi) is 4.00. The van der Waals surface area contributed by atoms with Gasteiger partial charge in [0.2, 0.25) is 0 Å². The van der Waals surface area contributed by atoms with Crippen LogP contribution in [0.3, 0.4) is 0 Å². The van der Waals surface area contributed by atoms with Crippen LogP contribution in [0, 0.1) is 0 Å². The molecule has 1 N–H and O–H groups in total. The van der Waals surface area contributed by atoms with E-state index in [1.54, 1.807) is 26.0 Å². The summed E-state index contributed by atoms with van der Waals surface area (Å²) in [7, 11) is 0. The van der Waals surface area contributed by atoms with Crippen LogP contribution in [-0.4, -0.2) is 16.7 Å². The third-order valence-corrected chi connectivity index (χ3v) is 4.93. The van der Waals surface area contributed by atoms with Crippen LogP contribution in [0.5, 0.6) is 5.75 Å². The van der Waals surface area contributed by atoms with E-state index in [-0.39, 0.29) is 17.3 Å². The van der Waals surface area contributed by atoms with Gasteiger partial charge >= 0.3 is 0 Å². The number of carbonyl (C=O) groups is 2. The van der Waals surface area contributed by atoms with Gasteiger partial charge in [0, 0.05) is 11.1 Å². The van der Waals surface area contributed by atoms with Crippen LogP contribution in [0.15, 0.2) is 60.7 Å². The van der Waals surface area contributed by atoms with Gasteiger partial charge in [-0.15, -0.1) is 0 Å². The fourth-order valence-corrected chi connectivity index (χ4v) is 3.48. The number of phenols is 1. The molecule has 0 saturated carbocycles. The molecule has 0 atom stereocenters. The number of hydrogen-bond donors (Lipinski definition) is 1. The third-order valence-electron chi connectivity index (χ3n) is 4.93. The zero-order valence-electron chi connectivity index (χ0n) is 15.1. The number of Topliss-reactive ketones (excluding diaryl/α,β-unsaturated/α-hetero) is 2. The van der Waals surface area contributed by atoms with Crippen molar-refractivity contribution in [3.05, 3.63) is 88.5 Å². The number of ketones is 2. The Bertz CT molecular complexity index is 1050. The van der Waals surface area contributed by atoms with Gasteiger partial charge in [-0.2, -0.15) is 0 Å². The molecule has 132 valence electrons. The van der Waals surface area contributed by atoms with Gasteiger partial charge in [-0.1, -0.05) is 36.4 Å². The minimum atomic E-state index is 0.0159. The van der Waals surface area contributed by atoms with Crippen molar-refractivity contribution in [2.45, 2.75) is 13.8 Å². The summed E-state index contributed by atoms with van der Waals surface area (Å²) in [6, 6.07) is 18.4. The number of rotatable bonds is 3. The van der Waals surface area contributed by atoms with E-state index in [1.165, 1.54) is 0 Å². The highest BCUT2D eigenvalue weighted by atomic mass is 16.3. The van der Waals surface area contributed by atoms with Crippen molar-refractivity contribution < 1.29 is 14.7 Å². The Labute approximate surface area is 157 Å².